The van der Waals surface area contributed by atoms with E-state index >= 15 is 8.78 Å². The van der Waals surface area contributed by atoms with Crippen molar-refractivity contribution >= 4 is 17.6 Å². The summed E-state index contributed by atoms with van der Waals surface area (Å²) in [7, 11) is 1.62. The maximum absolute atomic E-state index is 15.1. The van der Waals surface area contributed by atoms with Crippen LogP contribution in [0.25, 0.3) is 11.3 Å². The van der Waals surface area contributed by atoms with Crippen molar-refractivity contribution in [2.45, 2.75) is 51.4 Å². The number of carbonyl (C=O) groups excluding carboxylic acids is 1. The zero-order valence-corrected chi connectivity index (χ0v) is 25.1. The van der Waals surface area contributed by atoms with Gasteiger partial charge in [-0.15, -0.1) is 0 Å². The number of hydrogen-bond acceptors (Lipinski definition) is 7. The lowest BCUT2D eigenvalue weighted by molar-refractivity contribution is -0.167. The van der Waals surface area contributed by atoms with Gasteiger partial charge in [0.25, 0.3) is 11.5 Å². The summed E-state index contributed by atoms with van der Waals surface area (Å²) in [4.78, 5) is 43.5. The van der Waals surface area contributed by atoms with Crippen LogP contribution in [0.2, 0.25) is 0 Å². The summed E-state index contributed by atoms with van der Waals surface area (Å²) < 4.78 is 83.1. The number of aryl methyl sites for hydroxylation is 1. The molecule has 2 aliphatic rings. The summed E-state index contributed by atoms with van der Waals surface area (Å²) in [6, 6.07) is 0.591. The van der Waals surface area contributed by atoms with Crippen LogP contribution < -0.4 is 20.5 Å². The van der Waals surface area contributed by atoms with E-state index in [0.29, 0.717) is 65.4 Å². The number of amides is 1. The van der Waals surface area contributed by atoms with Gasteiger partial charge < -0.3 is 29.4 Å². The first-order valence-corrected chi connectivity index (χ1v) is 14.4. The van der Waals surface area contributed by atoms with Gasteiger partial charge in [-0.2, -0.15) is 13.2 Å². The lowest BCUT2D eigenvalue weighted by Gasteiger charge is -2.38. The minimum absolute atomic E-state index is 0.105. The van der Waals surface area contributed by atoms with E-state index in [-0.39, 0.29) is 30.8 Å². The van der Waals surface area contributed by atoms with Gasteiger partial charge in [-0.05, 0) is 56.0 Å². The van der Waals surface area contributed by atoms with Gasteiger partial charge in [0, 0.05) is 37.0 Å². The number of aliphatic carboxylic acids is 1. The van der Waals surface area contributed by atoms with Crippen LogP contribution in [0.5, 0.6) is 5.75 Å². The summed E-state index contributed by atoms with van der Waals surface area (Å²) in [6.45, 7) is 2.74. The zero-order valence-electron chi connectivity index (χ0n) is 25.1. The predicted molar refractivity (Wildman–Crippen MR) is 155 cm³/mol. The zero-order chi connectivity index (χ0) is 33.5. The molecule has 15 heteroatoms. The van der Waals surface area contributed by atoms with Crippen LogP contribution in [-0.4, -0.2) is 71.2 Å². The largest absolute Gasteiger partial charge is 0.493 e. The highest BCUT2D eigenvalue weighted by Gasteiger charge is 2.46. The average molecular weight is 651 g/mol. The lowest BCUT2D eigenvalue weighted by atomic mass is 9.91. The number of hydrogen-bond donors (Lipinski definition) is 2. The van der Waals surface area contributed by atoms with Crippen molar-refractivity contribution in [3.8, 4) is 17.0 Å². The number of carboxylic acid groups (broad SMARTS) is 1. The van der Waals surface area contributed by atoms with Crippen LogP contribution in [0, 0.1) is 25.5 Å². The molecule has 1 aromatic heterocycles. The summed E-state index contributed by atoms with van der Waals surface area (Å²) >= 11 is 0. The summed E-state index contributed by atoms with van der Waals surface area (Å²) in [5.74, 6) is -5.44. The van der Waals surface area contributed by atoms with E-state index in [1.165, 1.54) is 4.57 Å². The number of ether oxygens (including phenoxy) is 2. The molecule has 0 spiro atoms. The molecule has 2 atom stereocenters. The lowest BCUT2D eigenvalue weighted by Crippen LogP contribution is -2.53. The maximum Gasteiger partial charge on any atom is 0.411 e. The van der Waals surface area contributed by atoms with Gasteiger partial charge in [0.15, 0.2) is 0 Å². The number of nitrogens with one attached hydrogen (secondary N) is 1. The molecule has 1 amide bonds. The molecule has 0 radical (unpaired) electrons. The van der Waals surface area contributed by atoms with Gasteiger partial charge in [0.1, 0.15) is 40.7 Å². The summed E-state index contributed by atoms with van der Waals surface area (Å²) in [5, 5.41) is 12.1. The molecule has 0 aliphatic carbocycles. The Kier molecular flexibility index (Phi) is 9.07. The van der Waals surface area contributed by atoms with Crippen molar-refractivity contribution in [2.24, 2.45) is 7.05 Å². The first-order valence-electron chi connectivity index (χ1n) is 14.4. The predicted octanol–water partition coefficient (Wildman–Crippen LogP) is 3.86. The molecule has 0 bridgehead atoms. The molecule has 0 unspecified atom stereocenters. The normalized spacial score (nSPS) is 17.2. The van der Waals surface area contributed by atoms with Crippen LogP contribution in [0.1, 0.15) is 39.3 Å². The number of anilines is 1. The maximum atomic E-state index is 15.1. The summed E-state index contributed by atoms with van der Waals surface area (Å²) in [6.07, 6.45) is -3.98. The highest BCUT2D eigenvalue weighted by molar-refractivity contribution is 5.97. The highest BCUT2D eigenvalue weighted by Crippen LogP contribution is 2.38. The number of nitrogens with zero attached hydrogens (tertiary/aromatic N) is 3. The second-order valence-corrected chi connectivity index (χ2v) is 11.2. The van der Waals surface area contributed by atoms with Crippen molar-refractivity contribution in [1.29, 1.82) is 0 Å². The SMILES string of the molecule is Cc1nc(-c2ccc(C[C@H](NC(=O)c3c(F)cc(N4CCOC[C@@H]4C(F)(F)F)cc3F)C(=O)O)c3c2OCCC3)c(=O)n(C)c1C. The molecule has 2 N–H and O–H groups in total. The van der Waals surface area contributed by atoms with Crippen molar-refractivity contribution in [2.75, 3.05) is 31.3 Å². The second kappa shape index (κ2) is 12.7. The van der Waals surface area contributed by atoms with E-state index in [0.717, 1.165) is 4.90 Å². The van der Waals surface area contributed by atoms with Crippen molar-refractivity contribution < 1.29 is 46.1 Å². The summed E-state index contributed by atoms with van der Waals surface area (Å²) in [5.41, 5.74) is 1.07. The monoisotopic (exact) mass is 650 g/mol. The molecular weight excluding hydrogens is 619 g/mol. The molecule has 0 saturated carbocycles. The van der Waals surface area contributed by atoms with Gasteiger partial charge in [0.05, 0.1) is 25.5 Å². The molecule has 3 aromatic rings. The number of fused-ring (bicyclic) bond motifs is 1. The molecule has 10 nitrogen and oxygen atoms in total. The molecule has 3 heterocycles. The van der Waals surface area contributed by atoms with Gasteiger partial charge in [-0.1, -0.05) is 6.07 Å². The van der Waals surface area contributed by atoms with Crippen LogP contribution in [-0.2, 0) is 29.4 Å². The number of halogens is 5. The third kappa shape index (κ3) is 6.28. The molecule has 1 saturated heterocycles. The molecule has 5 rings (SSSR count). The number of carboxylic acids is 1. The average Bonchev–Trinajstić information content (AvgIpc) is 3.01. The fourth-order valence-electron chi connectivity index (χ4n) is 5.71. The molecule has 2 aliphatic heterocycles. The standard InChI is InChI=1S/C31H31F5N4O6/c1-15-16(2)39(3)29(42)26(37-15)20-7-6-17(19-5-4-9-46-27(19)20)11-23(30(43)44)38-28(41)25-21(32)12-18(13-22(25)33)40-8-10-45-14-24(40)31(34,35)36/h6-7,12-13,23-24H,4-5,8-11,14H2,1-3H3,(H,38,41)(H,43,44)/t23-,24+/m0/s1. The van der Waals surface area contributed by atoms with Crippen LogP contribution in [0.15, 0.2) is 29.1 Å². The number of aromatic nitrogens is 2. The molecule has 46 heavy (non-hydrogen) atoms. The first-order chi connectivity index (χ1) is 21.7. The van der Waals surface area contributed by atoms with Crippen molar-refractivity contribution in [1.82, 2.24) is 14.9 Å². The van der Waals surface area contributed by atoms with E-state index in [9.17, 15) is 32.7 Å². The number of benzene rings is 2. The van der Waals surface area contributed by atoms with E-state index in [2.05, 4.69) is 10.3 Å². The Morgan fingerprint density at radius 3 is 2.50 bits per heavy atom. The second-order valence-electron chi connectivity index (χ2n) is 11.2. The Balaban J connectivity index is 1.43. The number of rotatable bonds is 7. The third-order valence-corrected chi connectivity index (χ3v) is 8.36. The van der Waals surface area contributed by atoms with Gasteiger partial charge in [0.2, 0.25) is 0 Å². The van der Waals surface area contributed by atoms with E-state index in [1.807, 2.05) is 0 Å². The Morgan fingerprint density at radius 2 is 1.85 bits per heavy atom. The van der Waals surface area contributed by atoms with Crippen LogP contribution in [0.4, 0.5) is 27.6 Å². The van der Waals surface area contributed by atoms with Gasteiger partial charge in [-0.25, -0.2) is 18.6 Å². The minimum Gasteiger partial charge on any atom is -0.493 e. The molecular formula is C31H31F5N4O6. The third-order valence-electron chi connectivity index (χ3n) is 8.36. The Morgan fingerprint density at radius 1 is 1.15 bits per heavy atom. The fraction of sp³-hybridized carbons (Fsp3) is 0.419. The molecule has 2 aromatic carbocycles. The van der Waals surface area contributed by atoms with Crippen LogP contribution >= 0.6 is 0 Å². The Labute approximate surface area is 259 Å². The van der Waals surface area contributed by atoms with Crippen LogP contribution in [0.3, 0.4) is 0 Å². The minimum atomic E-state index is -4.74. The Bertz CT molecular complexity index is 1740. The van der Waals surface area contributed by atoms with Gasteiger partial charge in [-0.3, -0.25) is 9.59 Å². The Hall–Kier alpha value is -4.53. The highest BCUT2D eigenvalue weighted by atomic mass is 19.4. The van der Waals surface area contributed by atoms with E-state index in [1.54, 1.807) is 33.0 Å². The number of carbonyl (C=O) groups is 2. The number of alkyl halides is 3. The van der Waals surface area contributed by atoms with E-state index < -0.39 is 59.6 Å². The topological polar surface area (TPSA) is 123 Å². The molecule has 246 valence electrons. The van der Waals surface area contributed by atoms with Crippen molar-refractivity contribution in [3.05, 3.63) is 74.3 Å². The van der Waals surface area contributed by atoms with Crippen molar-refractivity contribution in [3.63, 3.8) is 0 Å². The van der Waals surface area contributed by atoms with E-state index in [4.69, 9.17) is 9.47 Å². The number of morpholine rings is 1. The first kappa shape index (κ1) is 32.9. The smallest absolute Gasteiger partial charge is 0.411 e. The quantitative estimate of drug-likeness (QED) is 0.370. The molecule has 1 fully saturated rings. The fourth-order valence-corrected chi connectivity index (χ4v) is 5.71. The van der Waals surface area contributed by atoms with Gasteiger partial charge >= 0.3 is 12.1 Å².